The van der Waals surface area contributed by atoms with Crippen LogP contribution < -0.4 is 19.9 Å². The largest absolute Gasteiger partial charge is 0.494 e. The van der Waals surface area contributed by atoms with Gasteiger partial charge in [0.05, 0.1) is 26.0 Å². The summed E-state index contributed by atoms with van der Waals surface area (Å²) in [6, 6.07) is 0.851. The zero-order chi connectivity index (χ0) is 22.2. The normalized spacial score (nSPS) is 15.6. The maximum absolute atomic E-state index is 14.4. The monoisotopic (exact) mass is 422 g/mol. The third-order valence-corrected chi connectivity index (χ3v) is 4.54. The molecule has 1 aliphatic heterocycles. The van der Waals surface area contributed by atoms with Crippen LogP contribution in [0.2, 0.25) is 0 Å². The van der Waals surface area contributed by atoms with Crippen LogP contribution in [0.3, 0.4) is 0 Å². The van der Waals surface area contributed by atoms with Crippen molar-refractivity contribution >= 4 is 35.0 Å². The number of hydrogen-bond acceptors (Lipinski definition) is 8. The van der Waals surface area contributed by atoms with Crippen LogP contribution in [0.5, 0.6) is 5.75 Å². The lowest BCUT2D eigenvalue weighted by Crippen LogP contribution is -2.47. The number of ether oxygens (including phenoxy) is 1. The Balaban J connectivity index is 2.03. The molecule has 0 fully saturated rings. The zero-order valence-electron chi connectivity index (χ0n) is 16.7. The van der Waals surface area contributed by atoms with Gasteiger partial charge < -0.3 is 25.0 Å². The lowest BCUT2D eigenvalue weighted by molar-refractivity contribution is -0.140. The third kappa shape index (κ3) is 3.80. The summed E-state index contributed by atoms with van der Waals surface area (Å²) in [7, 11) is 2.60. The molecule has 3 heterocycles. The number of nitrogens with one attached hydrogen (secondary N) is 1. The minimum atomic E-state index is -3.59. The molecule has 1 amide bonds. The summed E-state index contributed by atoms with van der Waals surface area (Å²) in [6.07, 6.45) is 2.51. The van der Waals surface area contributed by atoms with E-state index >= 15 is 0 Å². The average molecular weight is 422 g/mol. The standard InChI is InChI=1S/C18H20F2N6O4/c1-9(2)26-8-18(19,20)16(29)25(3)12-7-22-17(24-14(12)26)23-11-6-21-10(15(27)28)5-13(11)30-4/h5-7,9H,8H2,1-4H3,(H,27,28)(H,22,23,24). The highest BCUT2D eigenvalue weighted by Gasteiger charge is 2.47. The Morgan fingerprint density at radius 2 is 2.03 bits per heavy atom. The molecule has 30 heavy (non-hydrogen) atoms. The highest BCUT2D eigenvalue weighted by Crippen LogP contribution is 2.37. The minimum Gasteiger partial charge on any atom is -0.494 e. The molecule has 0 saturated heterocycles. The Morgan fingerprint density at radius 1 is 1.33 bits per heavy atom. The number of carbonyl (C=O) groups is 2. The summed E-state index contributed by atoms with van der Waals surface area (Å²) >= 11 is 0. The Bertz CT molecular complexity index is 1000. The lowest BCUT2D eigenvalue weighted by Gasteiger charge is -2.29. The zero-order valence-corrected chi connectivity index (χ0v) is 16.7. The highest BCUT2D eigenvalue weighted by molar-refractivity contribution is 6.02. The molecule has 0 spiro atoms. The molecule has 0 saturated carbocycles. The number of rotatable bonds is 5. The number of anilines is 4. The first-order valence-corrected chi connectivity index (χ1v) is 8.89. The Hall–Kier alpha value is -3.57. The summed E-state index contributed by atoms with van der Waals surface area (Å²) in [5.74, 6) is -5.78. The maximum atomic E-state index is 14.4. The fourth-order valence-electron chi connectivity index (χ4n) is 2.95. The number of alkyl halides is 2. The average Bonchev–Trinajstić information content (AvgIpc) is 2.77. The van der Waals surface area contributed by atoms with E-state index in [2.05, 4.69) is 20.3 Å². The second kappa shape index (κ2) is 7.69. The molecular formula is C18H20F2N6O4. The number of amides is 1. The number of aromatic nitrogens is 3. The molecule has 2 N–H and O–H groups in total. The van der Waals surface area contributed by atoms with Crippen molar-refractivity contribution < 1.29 is 28.2 Å². The van der Waals surface area contributed by atoms with Crippen LogP contribution in [-0.4, -0.2) is 64.6 Å². The maximum Gasteiger partial charge on any atom is 0.354 e. The van der Waals surface area contributed by atoms with Gasteiger partial charge >= 0.3 is 11.9 Å². The minimum absolute atomic E-state index is 0.0358. The summed E-state index contributed by atoms with van der Waals surface area (Å²) in [6.45, 7) is 2.60. The topological polar surface area (TPSA) is 121 Å². The second-order valence-electron chi connectivity index (χ2n) is 6.89. The van der Waals surface area contributed by atoms with Crippen molar-refractivity contribution in [3.05, 3.63) is 24.2 Å². The molecule has 0 radical (unpaired) electrons. The smallest absolute Gasteiger partial charge is 0.354 e. The third-order valence-electron chi connectivity index (χ3n) is 4.54. The van der Waals surface area contributed by atoms with E-state index in [1.165, 1.54) is 37.5 Å². The van der Waals surface area contributed by atoms with Gasteiger partial charge in [-0.2, -0.15) is 13.8 Å². The van der Waals surface area contributed by atoms with Crippen LogP contribution >= 0.6 is 0 Å². The molecule has 1 aliphatic rings. The molecule has 12 heteroatoms. The number of methoxy groups -OCH3 is 1. The number of carboxylic acid groups (broad SMARTS) is 1. The molecule has 0 atom stereocenters. The van der Waals surface area contributed by atoms with Crippen molar-refractivity contribution in [2.45, 2.75) is 25.8 Å². The van der Waals surface area contributed by atoms with Crippen molar-refractivity contribution in [2.24, 2.45) is 0 Å². The summed E-state index contributed by atoms with van der Waals surface area (Å²) in [5.41, 5.74) is 0.207. The van der Waals surface area contributed by atoms with E-state index in [0.29, 0.717) is 0 Å². The van der Waals surface area contributed by atoms with Gasteiger partial charge in [0, 0.05) is 19.2 Å². The van der Waals surface area contributed by atoms with Gasteiger partial charge in [0.25, 0.3) is 5.91 Å². The molecule has 0 aromatic carbocycles. The Morgan fingerprint density at radius 3 is 2.63 bits per heavy atom. The van der Waals surface area contributed by atoms with Crippen LogP contribution in [-0.2, 0) is 4.79 Å². The fourth-order valence-corrected chi connectivity index (χ4v) is 2.95. The van der Waals surface area contributed by atoms with Crippen LogP contribution in [0.1, 0.15) is 24.3 Å². The number of aromatic carboxylic acids is 1. The first-order valence-electron chi connectivity index (χ1n) is 8.89. The number of fused-ring (bicyclic) bond motifs is 1. The van der Waals surface area contributed by atoms with E-state index < -0.39 is 24.3 Å². The first kappa shape index (κ1) is 21.1. The first-order chi connectivity index (χ1) is 14.0. The van der Waals surface area contributed by atoms with Gasteiger partial charge in [-0.25, -0.2) is 14.8 Å². The molecule has 0 unspecified atom stereocenters. The summed E-state index contributed by atoms with van der Waals surface area (Å²) in [5, 5.41) is 11.9. The predicted octanol–water partition coefficient (Wildman–Crippen LogP) is 2.15. The second-order valence-corrected chi connectivity index (χ2v) is 6.89. The Kier molecular flexibility index (Phi) is 5.42. The Labute approximate surface area is 170 Å². The molecule has 2 aromatic rings. The molecular weight excluding hydrogens is 402 g/mol. The van der Waals surface area contributed by atoms with Gasteiger partial charge in [0.2, 0.25) is 5.95 Å². The number of pyridine rings is 1. The number of carboxylic acids is 1. The van der Waals surface area contributed by atoms with Crippen molar-refractivity contribution in [1.29, 1.82) is 0 Å². The van der Waals surface area contributed by atoms with Crippen LogP contribution in [0.25, 0.3) is 0 Å². The quantitative estimate of drug-likeness (QED) is 0.746. The molecule has 10 nitrogen and oxygen atoms in total. The number of carbonyl (C=O) groups excluding carboxylic acids is 1. The van der Waals surface area contributed by atoms with Crippen molar-refractivity contribution in [3.8, 4) is 5.75 Å². The van der Waals surface area contributed by atoms with Crippen molar-refractivity contribution in [1.82, 2.24) is 15.0 Å². The van der Waals surface area contributed by atoms with Crippen LogP contribution in [0.4, 0.5) is 31.9 Å². The SMILES string of the molecule is COc1cc(C(=O)O)ncc1Nc1ncc2c(n1)N(C(C)C)CC(F)(F)C(=O)N2C. The number of halogens is 2. The number of hydrogen-bond donors (Lipinski definition) is 2. The van der Waals surface area contributed by atoms with Gasteiger partial charge in [-0.1, -0.05) is 0 Å². The van der Waals surface area contributed by atoms with E-state index in [-0.39, 0.29) is 40.6 Å². The lowest BCUT2D eigenvalue weighted by atomic mass is 10.2. The van der Waals surface area contributed by atoms with Gasteiger partial charge in [-0.3, -0.25) is 4.79 Å². The highest BCUT2D eigenvalue weighted by atomic mass is 19.3. The van der Waals surface area contributed by atoms with Gasteiger partial charge in [-0.15, -0.1) is 0 Å². The molecule has 3 rings (SSSR count). The van der Waals surface area contributed by atoms with E-state index in [4.69, 9.17) is 9.84 Å². The molecule has 0 aliphatic carbocycles. The molecule has 0 bridgehead atoms. The van der Waals surface area contributed by atoms with Gasteiger partial charge in [0.15, 0.2) is 11.5 Å². The summed E-state index contributed by atoms with van der Waals surface area (Å²) in [4.78, 5) is 37.6. The van der Waals surface area contributed by atoms with Gasteiger partial charge in [-0.05, 0) is 13.8 Å². The van der Waals surface area contributed by atoms with Crippen molar-refractivity contribution in [3.63, 3.8) is 0 Å². The molecule has 2 aromatic heterocycles. The van der Waals surface area contributed by atoms with Crippen molar-refractivity contribution in [2.75, 3.05) is 35.8 Å². The molecule has 160 valence electrons. The van der Waals surface area contributed by atoms with Gasteiger partial charge in [0.1, 0.15) is 17.1 Å². The van der Waals surface area contributed by atoms with E-state index in [9.17, 15) is 18.4 Å². The van der Waals surface area contributed by atoms with E-state index in [1.807, 2.05) is 0 Å². The summed E-state index contributed by atoms with van der Waals surface area (Å²) < 4.78 is 33.9. The van der Waals surface area contributed by atoms with Crippen LogP contribution in [0.15, 0.2) is 18.5 Å². The van der Waals surface area contributed by atoms with E-state index in [1.54, 1.807) is 13.8 Å². The van der Waals surface area contributed by atoms with E-state index in [0.717, 1.165) is 4.90 Å². The van der Waals surface area contributed by atoms with Crippen LogP contribution in [0, 0.1) is 0 Å². The number of nitrogens with zero attached hydrogens (tertiary/aromatic N) is 5. The fraction of sp³-hybridized carbons (Fsp3) is 0.389. The predicted molar refractivity (Wildman–Crippen MR) is 104 cm³/mol.